The lowest BCUT2D eigenvalue weighted by Gasteiger charge is -2.23. The zero-order valence-corrected chi connectivity index (χ0v) is 14.4. The molecule has 25 heavy (non-hydrogen) atoms. The van der Waals surface area contributed by atoms with Gasteiger partial charge in [0.15, 0.2) is 5.78 Å². The zero-order chi connectivity index (χ0) is 17.8. The fraction of sp³-hybridized carbons (Fsp3) is 0.316. The Morgan fingerprint density at radius 1 is 1.16 bits per heavy atom. The minimum Gasteiger partial charge on any atom is -0.391 e. The van der Waals surface area contributed by atoms with Crippen molar-refractivity contribution >= 4 is 23.3 Å². The molecule has 1 aromatic carbocycles. The summed E-state index contributed by atoms with van der Waals surface area (Å²) in [6, 6.07) is 10.0. The summed E-state index contributed by atoms with van der Waals surface area (Å²) in [7, 11) is 0. The van der Waals surface area contributed by atoms with Crippen molar-refractivity contribution in [3.63, 3.8) is 0 Å². The third kappa shape index (κ3) is 4.24. The van der Waals surface area contributed by atoms with Gasteiger partial charge < -0.3 is 10.0 Å². The van der Waals surface area contributed by atoms with E-state index in [-0.39, 0.29) is 24.7 Å². The van der Waals surface area contributed by atoms with Crippen LogP contribution >= 0.6 is 11.6 Å². The molecule has 1 aliphatic rings. The molecule has 0 spiro atoms. The number of amides is 1. The van der Waals surface area contributed by atoms with Crippen molar-refractivity contribution in [1.82, 2.24) is 9.88 Å². The van der Waals surface area contributed by atoms with E-state index in [4.69, 9.17) is 11.6 Å². The SMILES string of the molecule is O=C(CCc1ccc(Cl)cc1)[C@@H]1C[C@@H](O)CN1C(=O)c1ccncc1. The van der Waals surface area contributed by atoms with Crippen LogP contribution in [-0.4, -0.2) is 45.4 Å². The highest BCUT2D eigenvalue weighted by Crippen LogP contribution is 2.23. The van der Waals surface area contributed by atoms with Gasteiger partial charge in [-0.25, -0.2) is 0 Å². The van der Waals surface area contributed by atoms with Crippen LogP contribution in [0.1, 0.15) is 28.8 Å². The number of carbonyl (C=O) groups excluding carboxylic acids is 2. The average molecular weight is 359 g/mol. The molecule has 1 amide bonds. The second-order valence-electron chi connectivity index (χ2n) is 6.19. The Labute approximate surface area is 151 Å². The number of aryl methyl sites for hydroxylation is 1. The second-order valence-corrected chi connectivity index (χ2v) is 6.63. The van der Waals surface area contributed by atoms with Crippen molar-refractivity contribution < 1.29 is 14.7 Å². The van der Waals surface area contributed by atoms with Crippen molar-refractivity contribution in [2.75, 3.05) is 6.54 Å². The second kappa shape index (κ2) is 7.76. The van der Waals surface area contributed by atoms with Gasteiger partial charge in [-0.1, -0.05) is 23.7 Å². The fourth-order valence-corrected chi connectivity index (χ4v) is 3.22. The third-order valence-electron chi connectivity index (χ3n) is 4.41. The van der Waals surface area contributed by atoms with E-state index in [0.717, 1.165) is 5.56 Å². The molecule has 1 aliphatic heterocycles. The standard InChI is InChI=1S/C19H19ClN2O3/c20-15-4-1-13(2-5-15)3-6-18(24)17-11-16(23)12-22(17)19(25)14-7-9-21-10-8-14/h1-2,4-5,7-10,16-17,23H,3,6,11-12H2/t16-,17+/m1/s1. The Balaban J connectivity index is 1.67. The first-order valence-electron chi connectivity index (χ1n) is 8.21. The summed E-state index contributed by atoms with van der Waals surface area (Å²) in [6.07, 6.45) is 3.60. The number of aromatic nitrogens is 1. The van der Waals surface area contributed by atoms with E-state index in [2.05, 4.69) is 4.98 Å². The molecular formula is C19H19ClN2O3. The van der Waals surface area contributed by atoms with E-state index < -0.39 is 12.1 Å². The molecule has 0 bridgehead atoms. The lowest BCUT2D eigenvalue weighted by atomic mass is 10.0. The van der Waals surface area contributed by atoms with Crippen LogP contribution < -0.4 is 0 Å². The Morgan fingerprint density at radius 2 is 1.84 bits per heavy atom. The summed E-state index contributed by atoms with van der Waals surface area (Å²) >= 11 is 5.86. The maximum atomic E-state index is 12.6. The van der Waals surface area contributed by atoms with Gasteiger partial charge in [0.1, 0.15) is 0 Å². The number of likely N-dealkylation sites (tertiary alicyclic amines) is 1. The molecule has 130 valence electrons. The van der Waals surface area contributed by atoms with Gasteiger partial charge in [-0.05, 0) is 36.2 Å². The monoisotopic (exact) mass is 358 g/mol. The molecule has 0 radical (unpaired) electrons. The van der Waals surface area contributed by atoms with Gasteiger partial charge in [-0.2, -0.15) is 0 Å². The first-order chi connectivity index (χ1) is 12.0. The molecule has 1 saturated heterocycles. The predicted molar refractivity (Wildman–Crippen MR) is 94.5 cm³/mol. The van der Waals surface area contributed by atoms with Gasteiger partial charge >= 0.3 is 0 Å². The minimum atomic E-state index is -0.671. The number of β-amino-alcohol motifs (C(OH)–C–C–N with tert-alkyl or cyclic N) is 1. The number of aliphatic hydroxyl groups excluding tert-OH is 1. The molecule has 5 nitrogen and oxygen atoms in total. The molecule has 2 heterocycles. The quantitative estimate of drug-likeness (QED) is 0.891. The summed E-state index contributed by atoms with van der Waals surface area (Å²) in [4.78, 5) is 30.6. The fourth-order valence-electron chi connectivity index (χ4n) is 3.09. The molecule has 3 rings (SSSR count). The van der Waals surface area contributed by atoms with Gasteiger partial charge in [-0.3, -0.25) is 14.6 Å². The summed E-state index contributed by atoms with van der Waals surface area (Å²) < 4.78 is 0. The van der Waals surface area contributed by atoms with E-state index in [0.29, 0.717) is 23.4 Å². The number of hydrogen-bond donors (Lipinski definition) is 1. The first-order valence-corrected chi connectivity index (χ1v) is 8.58. The maximum absolute atomic E-state index is 12.6. The Hall–Kier alpha value is -2.24. The Bertz CT molecular complexity index is 749. The summed E-state index contributed by atoms with van der Waals surface area (Å²) in [5.41, 5.74) is 1.49. The van der Waals surface area contributed by atoms with Gasteiger partial charge in [0, 0.05) is 42.4 Å². The Kier molecular flexibility index (Phi) is 5.46. The molecular weight excluding hydrogens is 340 g/mol. The van der Waals surface area contributed by atoms with Crippen molar-refractivity contribution in [2.45, 2.75) is 31.4 Å². The number of Topliss-reactive ketones (excluding diaryl/α,β-unsaturated/α-hetero) is 1. The molecule has 6 heteroatoms. The zero-order valence-electron chi connectivity index (χ0n) is 13.6. The smallest absolute Gasteiger partial charge is 0.254 e. The molecule has 0 saturated carbocycles. The highest BCUT2D eigenvalue weighted by molar-refractivity contribution is 6.30. The number of pyridine rings is 1. The summed E-state index contributed by atoms with van der Waals surface area (Å²) in [5, 5.41) is 10.6. The van der Waals surface area contributed by atoms with Gasteiger partial charge in [0.25, 0.3) is 5.91 Å². The van der Waals surface area contributed by atoms with Gasteiger partial charge in [-0.15, -0.1) is 0 Å². The van der Waals surface area contributed by atoms with Crippen LogP contribution in [0.4, 0.5) is 0 Å². The highest BCUT2D eigenvalue weighted by atomic mass is 35.5. The molecule has 2 aromatic rings. The first kappa shape index (κ1) is 17.6. The number of rotatable bonds is 5. The van der Waals surface area contributed by atoms with Crippen LogP contribution in [0, 0.1) is 0 Å². The van der Waals surface area contributed by atoms with E-state index in [1.54, 1.807) is 24.3 Å². The number of carbonyl (C=O) groups is 2. The van der Waals surface area contributed by atoms with Crippen LogP contribution in [0.3, 0.4) is 0 Å². The normalized spacial score (nSPS) is 19.8. The average Bonchev–Trinajstić information content (AvgIpc) is 3.03. The molecule has 1 fully saturated rings. The molecule has 0 aliphatic carbocycles. The molecule has 0 unspecified atom stereocenters. The van der Waals surface area contributed by atoms with Crippen LogP contribution in [-0.2, 0) is 11.2 Å². The van der Waals surface area contributed by atoms with E-state index in [9.17, 15) is 14.7 Å². The van der Waals surface area contributed by atoms with Crippen LogP contribution in [0.15, 0.2) is 48.8 Å². The number of aliphatic hydroxyl groups is 1. The van der Waals surface area contributed by atoms with Crippen molar-refractivity contribution in [3.05, 3.63) is 64.9 Å². The van der Waals surface area contributed by atoms with E-state index >= 15 is 0 Å². The molecule has 2 atom stereocenters. The van der Waals surface area contributed by atoms with Crippen LogP contribution in [0.25, 0.3) is 0 Å². The topological polar surface area (TPSA) is 70.5 Å². The maximum Gasteiger partial charge on any atom is 0.254 e. The van der Waals surface area contributed by atoms with Crippen LogP contribution in [0.5, 0.6) is 0 Å². The highest BCUT2D eigenvalue weighted by Gasteiger charge is 2.38. The van der Waals surface area contributed by atoms with Crippen molar-refractivity contribution in [2.24, 2.45) is 0 Å². The molecule has 1 N–H and O–H groups in total. The van der Waals surface area contributed by atoms with E-state index in [1.165, 1.54) is 17.3 Å². The number of benzene rings is 1. The summed E-state index contributed by atoms with van der Waals surface area (Å²) in [6.45, 7) is 0.179. The van der Waals surface area contributed by atoms with Gasteiger partial charge in [0.05, 0.1) is 12.1 Å². The number of nitrogens with zero attached hydrogens (tertiary/aromatic N) is 2. The summed E-state index contributed by atoms with van der Waals surface area (Å²) in [5.74, 6) is -0.280. The van der Waals surface area contributed by atoms with Crippen molar-refractivity contribution in [1.29, 1.82) is 0 Å². The Morgan fingerprint density at radius 3 is 2.52 bits per heavy atom. The lowest BCUT2D eigenvalue weighted by molar-refractivity contribution is -0.122. The van der Waals surface area contributed by atoms with E-state index in [1.807, 2.05) is 12.1 Å². The lowest BCUT2D eigenvalue weighted by Crippen LogP contribution is -2.40. The number of ketones is 1. The number of halogens is 1. The minimum absolute atomic E-state index is 0.0334. The van der Waals surface area contributed by atoms with Gasteiger partial charge in [0.2, 0.25) is 0 Å². The largest absolute Gasteiger partial charge is 0.391 e. The van der Waals surface area contributed by atoms with Crippen LogP contribution in [0.2, 0.25) is 5.02 Å². The predicted octanol–water partition coefficient (Wildman–Crippen LogP) is 2.51. The number of hydrogen-bond acceptors (Lipinski definition) is 4. The third-order valence-corrected chi connectivity index (χ3v) is 4.66. The van der Waals surface area contributed by atoms with Crippen molar-refractivity contribution in [3.8, 4) is 0 Å². The molecule has 1 aromatic heterocycles.